The summed E-state index contributed by atoms with van der Waals surface area (Å²) in [6.45, 7) is 0.678. The molecule has 0 saturated carbocycles. The first-order valence-electron chi connectivity index (χ1n) is 6.64. The second-order valence-corrected chi connectivity index (χ2v) is 4.99. The van der Waals surface area contributed by atoms with Gasteiger partial charge in [0, 0.05) is 19.8 Å². The van der Waals surface area contributed by atoms with Crippen molar-refractivity contribution in [2.75, 3.05) is 25.1 Å². The molecule has 0 unspecified atom stereocenters. The Morgan fingerprint density at radius 3 is 2.57 bits per heavy atom. The third-order valence-corrected chi connectivity index (χ3v) is 3.61. The molecule has 0 bridgehead atoms. The second kappa shape index (κ2) is 6.53. The third kappa shape index (κ3) is 3.69. The molecular formula is C14H17FN2O4. The average molecular weight is 296 g/mol. The fourth-order valence-electron chi connectivity index (χ4n) is 2.21. The molecule has 0 aliphatic carbocycles. The van der Waals surface area contributed by atoms with E-state index in [0.29, 0.717) is 26.1 Å². The number of para-hydroxylation sites is 1. The van der Waals surface area contributed by atoms with Crippen molar-refractivity contribution in [1.29, 1.82) is 0 Å². The number of amides is 2. The molecule has 0 spiro atoms. The Morgan fingerprint density at radius 1 is 1.29 bits per heavy atom. The number of hydrogen-bond acceptors (Lipinski definition) is 3. The number of rotatable bonds is 4. The van der Waals surface area contributed by atoms with Crippen molar-refractivity contribution in [3.63, 3.8) is 0 Å². The van der Waals surface area contributed by atoms with Gasteiger partial charge in [0.25, 0.3) is 0 Å². The number of nitrogens with one attached hydrogen (secondary N) is 2. The molecule has 1 aromatic rings. The first kappa shape index (κ1) is 15.2. The molecule has 7 heteroatoms. The van der Waals surface area contributed by atoms with Crippen molar-refractivity contribution < 1.29 is 23.8 Å². The number of carbonyl (C=O) groups is 2. The highest BCUT2D eigenvalue weighted by Gasteiger charge is 2.40. The summed E-state index contributed by atoms with van der Waals surface area (Å²) in [5, 5.41) is 14.2. The van der Waals surface area contributed by atoms with Crippen LogP contribution in [0.3, 0.4) is 0 Å². The number of urea groups is 1. The zero-order valence-corrected chi connectivity index (χ0v) is 11.4. The zero-order chi connectivity index (χ0) is 15.3. The van der Waals surface area contributed by atoms with E-state index in [0.717, 1.165) is 0 Å². The standard InChI is InChI=1S/C14H17FN2O4/c15-10-3-1-2-4-11(10)17-13(20)16-9-14(12(18)19)5-7-21-8-6-14/h1-4H,5-9H2,(H,18,19)(H2,16,17,20). The first-order chi connectivity index (χ1) is 10.0. The predicted octanol–water partition coefficient (Wildman–Crippen LogP) is 1.83. The molecule has 1 aliphatic rings. The maximum absolute atomic E-state index is 13.4. The Bertz CT molecular complexity index is 529. The Kier molecular flexibility index (Phi) is 4.74. The van der Waals surface area contributed by atoms with Crippen molar-refractivity contribution in [2.45, 2.75) is 12.8 Å². The van der Waals surface area contributed by atoms with Gasteiger partial charge in [0.05, 0.1) is 11.1 Å². The van der Waals surface area contributed by atoms with Gasteiger partial charge < -0.3 is 20.5 Å². The number of halogens is 1. The lowest BCUT2D eigenvalue weighted by Crippen LogP contribution is -2.47. The summed E-state index contributed by atoms with van der Waals surface area (Å²) in [7, 11) is 0. The van der Waals surface area contributed by atoms with Crippen LogP contribution in [0.4, 0.5) is 14.9 Å². The maximum Gasteiger partial charge on any atom is 0.319 e. The highest BCUT2D eigenvalue weighted by atomic mass is 19.1. The van der Waals surface area contributed by atoms with E-state index in [9.17, 15) is 19.1 Å². The van der Waals surface area contributed by atoms with E-state index in [1.807, 2.05) is 0 Å². The number of hydrogen-bond donors (Lipinski definition) is 3. The lowest BCUT2D eigenvalue weighted by atomic mass is 9.80. The number of aliphatic carboxylic acids is 1. The molecule has 1 aliphatic heterocycles. The molecule has 2 rings (SSSR count). The number of anilines is 1. The van der Waals surface area contributed by atoms with Gasteiger partial charge in [0.1, 0.15) is 5.82 Å². The molecular weight excluding hydrogens is 279 g/mol. The molecule has 2 amide bonds. The van der Waals surface area contributed by atoms with E-state index in [4.69, 9.17) is 4.74 Å². The van der Waals surface area contributed by atoms with Gasteiger partial charge in [0.2, 0.25) is 0 Å². The normalized spacial score (nSPS) is 17.0. The monoisotopic (exact) mass is 296 g/mol. The molecule has 6 nitrogen and oxygen atoms in total. The van der Waals surface area contributed by atoms with Gasteiger partial charge in [-0.15, -0.1) is 0 Å². The van der Waals surface area contributed by atoms with Gasteiger partial charge in [-0.2, -0.15) is 0 Å². The van der Waals surface area contributed by atoms with Crippen LogP contribution in [0.25, 0.3) is 0 Å². The third-order valence-electron chi connectivity index (χ3n) is 3.61. The fraction of sp³-hybridized carbons (Fsp3) is 0.429. The Morgan fingerprint density at radius 2 is 1.95 bits per heavy atom. The highest BCUT2D eigenvalue weighted by molar-refractivity contribution is 5.89. The quantitative estimate of drug-likeness (QED) is 0.791. The number of carboxylic acids is 1. The van der Waals surface area contributed by atoms with Crippen LogP contribution in [0, 0.1) is 11.2 Å². The van der Waals surface area contributed by atoms with Crippen molar-refractivity contribution in [3.8, 4) is 0 Å². The van der Waals surface area contributed by atoms with Crippen molar-refractivity contribution >= 4 is 17.7 Å². The summed E-state index contributed by atoms with van der Waals surface area (Å²) in [6, 6.07) is 5.13. The Hall–Kier alpha value is -2.15. The Labute approximate surface area is 121 Å². The SMILES string of the molecule is O=C(NCC1(C(=O)O)CCOCC1)Nc1ccccc1F. The molecule has 0 radical (unpaired) electrons. The molecule has 114 valence electrons. The van der Waals surface area contributed by atoms with Crippen molar-refractivity contribution in [1.82, 2.24) is 5.32 Å². The number of benzene rings is 1. The lowest BCUT2D eigenvalue weighted by Gasteiger charge is -2.33. The fourth-order valence-corrected chi connectivity index (χ4v) is 2.21. The van der Waals surface area contributed by atoms with Crippen LogP contribution in [-0.2, 0) is 9.53 Å². The second-order valence-electron chi connectivity index (χ2n) is 4.99. The van der Waals surface area contributed by atoms with E-state index in [2.05, 4.69) is 10.6 Å². The number of ether oxygens (including phenoxy) is 1. The topological polar surface area (TPSA) is 87.7 Å². The van der Waals surface area contributed by atoms with Gasteiger partial charge in [-0.3, -0.25) is 4.79 Å². The van der Waals surface area contributed by atoms with Gasteiger partial charge >= 0.3 is 12.0 Å². The van der Waals surface area contributed by atoms with E-state index < -0.39 is 23.2 Å². The predicted molar refractivity (Wildman–Crippen MR) is 73.5 cm³/mol. The van der Waals surface area contributed by atoms with Crippen LogP contribution in [0.2, 0.25) is 0 Å². The van der Waals surface area contributed by atoms with Crippen LogP contribution < -0.4 is 10.6 Å². The van der Waals surface area contributed by atoms with Crippen LogP contribution >= 0.6 is 0 Å². The van der Waals surface area contributed by atoms with Crippen LogP contribution in [-0.4, -0.2) is 36.9 Å². The number of carboxylic acid groups (broad SMARTS) is 1. The van der Waals surface area contributed by atoms with Gasteiger partial charge in [-0.1, -0.05) is 12.1 Å². The smallest absolute Gasteiger partial charge is 0.319 e. The summed E-state index contributed by atoms with van der Waals surface area (Å²) in [4.78, 5) is 23.2. The van der Waals surface area contributed by atoms with E-state index in [1.54, 1.807) is 6.07 Å². The Balaban J connectivity index is 1.93. The zero-order valence-electron chi connectivity index (χ0n) is 11.4. The molecule has 1 saturated heterocycles. The van der Waals surface area contributed by atoms with E-state index in [-0.39, 0.29) is 12.2 Å². The van der Waals surface area contributed by atoms with Gasteiger partial charge in [-0.25, -0.2) is 9.18 Å². The molecule has 1 fully saturated rings. The lowest BCUT2D eigenvalue weighted by molar-refractivity contribution is -0.154. The maximum atomic E-state index is 13.4. The summed E-state index contributed by atoms with van der Waals surface area (Å²) >= 11 is 0. The molecule has 1 aromatic carbocycles. The minimum absolute atomic E-state index is 0.0218. The minimum atomic E-state index is -1.02. The summed E-state index contributed by atoms with van der Waals surface area (Å²) < 4.78 is 18.5. The molecule has 21 heavy (non-hydrogen) atoms. The largest absolute Gasteiger partial charge is 0.481 e. The van der Waals surface area contributed by atoms with E-state index in [1.165, 1.54) is 18.2 Å². The van der Waals surface area contributed by atoms with Crippen molar-refractivity contribution in [2.24, 2.45) is 5.41 Å². The first-order valence-corrected chi connectivity index (χ1v) is 6.64. The van der Waals surface area contributed by atoms with Crippen LogP contribution in [0.15, 0.2) is 24.3 Å². The molecule has 1 heterocycles. The molecule has 0 atom stereocenters. The van der Waals surface area contributed by atoms with Crippen LogP contribution in [0.5, 0.6) is 0 Å². The summed E-state index contributed by atoms with van der Waals surface area (Å²) in [5.74, 6) is -1.51. The van der Waals surface area contributed by atoms with E-state index >= 15 is 0 Å². The summed E-state index contributed by atoms with van der Waals surface area (Å²) in [6.07, 6.45) is 0.671. The molecule has 3 N–H and O–H groups in total. The average Bonchev–Trinajstić information content (AvgIpc) is 2.48. The highest BCUT2D eigenvalue weighted by Crippen LogP contribution is 2.30. The van der Waals surface area contributed by atoms with Gasteiger partial charge in [0.15, 0.2) is 0 Å². The molecule has 0 aromatic heterocycles. The van der Waals surface area contributed by atoms with Gasteiger partial charge in [-0.05, 0) is 25.0 Å². The van der Waals surface area contributed by atoms with Crippen molar-refractivity contribution in [3.05, 3.63) is 30.1 Å². The minimum Gasteiger partial charge on any atom is -0.481 e. The summed E-state index contributed by atoms with van der Waals surface area (Å²) in [5.41, 5.74) is -0.975. The number of carbonyl (C=O) groups excluding carboxylic acids is 1. The van der Waals surface area contributed by atoms with Crippen LogP contribution in [0.1, 0.15) is 12.8 Å².